The molecule has 0 bridgehead atoms. The summed E-state index contributed by atoms with van der Waals surface area (Å²) in [5.74, 6) is -1.76. The van der Waals surface area contributed by atoms with Crippen molar-refractivity contribution in [1.29, 1.82) is 0 Å². The molecule has 0 atom stereocenters. The van der Waals surface area contributed by atoms with Crippen LogP contribution in [-0.2, 0) is 5.60 Å². The standard InChI is InChI=1S/C18H15F6NO3/c1-9-4-3-5-13(10(9)2)25-14-7-6-11(8-12(14)15(26)27)16(28,17(19,20)21)18(22,23)24/h3-8,25,28H,1-2H3,(H,26,27). The quantitative estimate of drug-likeness (QED) is 0.620. The van der Waals surface area contributed by atoms with Crippen LogP contribution in [0.1, 0.15) is 27.0 Å². The van der Waals surface area contributed by atoms with Gasteiger partial charge in [0.2, 0.25) is 0 Å². The minimum atomic E-state index is -6.11. The van der Waals surface area contributed by atoms with Crippen LogP contribution in [0.4, 0.5) is 37.7 Å². The number of aliphatic hydroxyl groups is 1. The predicted octanol–water partition coefficient (Wildman–Crippen LogP) is 5.06. The van der Waals surface area contributed by atoms with Crippen molar-refractivity contribution < 1.29 is 41.4 Å². The van der Waals surface area contributed by atoms with Gasteiger partial charge in [0.25, 0.3) is 5.60 Å². The normalized spacial score (nSPS) is 12.8. The lowest BCUT2D eigenvalue weighted by atomic mass is 9.90. The second kappa shape index (κ2) is 7.01. The van der Waals surface area contributed by atoms with E-state index in [2.05, 4.69) is 5.32 Å². The molecular weight excluding hydrogens is 392 g/mol. The Kier molecular flexibility index (Phi) is 5.39. The summed E-state index contributed by atoms with van der Waals surface area (Å²) in [6, 6.07) is 6.30. The number of aromatic carboxylic acids is 1. The molecule has 3 N–H and O–H groups in total. The molecule has 0 unspecified atom stereocenters. The number of hydrogen-bond donors (Lipinski definition) is 3. The average molecular weight is 407 g/mol. The molecule has 0 aromatic heterocycles. The SMILES string of the molecule is Cc1cccc(Nc2ccc(C(O)(C(F)(F)F)C(F)(F)F)cc2C(=O)O)c1C. The first-order chi connectivity index (χ1) is 12.7. The molecule has 4 nitrogen and oxygen atoms in total. The smallest absolute Gasteiger partial charge is 0.430 e. The summed E-state index contributed by atoms with van der Waals surface area (Å²) in [5, 5.41) is 21.4. The molecule has 0 heterocycles. The van der Waals surface area contributed by atoms with Crippen LogP contribution < -0.4 is 5.32 Å². The number of carbonyl (C=O) groups is 1. The van der Waals surface area contributed by atoms with Crippen LogP contribution in [0.15, 0.2) is 36.4 Å². The summed E-state index contributed by atoms with van der Waals surface area (Å²) >= 11 is 0. The van der Waals surface area contributed by atoms with E-state index in [-0.39, 0.29) is 11.8 Å². The van der Waals surface area contributed by atoms with Crippen molar-refractivity contribution in [3.63, 3.8) is 0 Å². The molecule has 0 aliphatic carbocycles. The molecule has 28 heavy (non-hydrogen) atoms. The Morgan fingerprint density at radius 2 is 1.50 bits per heavy atom. The van der Waals surface area contributed by atoms with E-state index in [4.69, 9.17) is 0 Å². The molecule has 152 valence electrons. The van der Waals surface area contributed by atoms with Gasteiger partial charge in [0, 0.05) is 11.3 Å². The number of carboxylic acid groups (broad SMARTS) is 1. The minimum Gasteiger partial charge on any atom is -0.478 e. The first-order valence-electron chi connectivity index (χ1n) is 7.77. The number of hydrogen-bond acceptors (Lipinski definition) is 3. The summed E-state index contributed by atoms with van der Waals surface area (Å²) < 4.78 is 78.2. The molecule has 0 saturated carbocycles. The zero-order valence-electron chi connectivity index (χ0n) is 14.5. The molecule has 0 radical (unpaired) electrons. The third-order valence-corrected chi connectivity index (χ3v) is 4.36. The van der Waals surface area contributed by atoms with E-state index in [1.807, 2.05) is 0 Å². The van der Waals surface area contributed by atoms with Crippen LogP contribution in [0.3, 0.4) is 0 Å². The summed E-state index contributed by atoms with van der Waals surface area (Å²) in [4.78, 5) is 11.5. The monoisotopic (exact) mass is 407 g/mol. The van der Waals surface area contributed by atoms with Crippen LogP contribution >= 0.6 is 0 Å². The largest absolute Gasteiger partial charge is 0.478 e. The lowest BCUT2D eigenvalue weighted by molar-refractivity contribution is -0.376. The third kappa shape index (κ3) is 3.64. The van der Waals surface area contributed by atoms with Gasteiger partial charge in [-0.05, 0) is 43.2 Å². The van der Waals surface area contributed by atoms with E-state index < -0.39 is 35.0 Å². The lowest BCUT2D eigenvalue weighted by Gasteiger charge is -2.33. The Morgan fingerprint density at radius 3 is 2.00 bits per heavy atom. The van der Waals surface area contributed by atoms with Gasteiger partial charge in [-0.1, -0.05) is 18.2 Å². The maximum Gasteiger partial charge on any atom is 0.430 e. The molecule has 0 aliphatic heterocycles. The van der Waals surface area contributed by atoms with Crippen molar-refractivity contribution in [3.05, 3.63) is 58.7 Å². The number of halogens is 6. The van der Waals surface area contributed by atoms with Gasteiger partial charge in [-0.3, -0.25) is 0 Å². The number of anilines is 2. The zero-order valence-corrected chi connectivity index (χ0v) is 14.5. The average Bonchev–Trinajstić information content (AvgIpc) is 2.56. The summed E-state index contributed by atoms with van der Waals surface area (Å²) in [6.07, 6.45) is -12.2. The van der Waals surface area contributed by atoms with E-state index in [1.165, 1.54) is 0 Å². The minimum absolute atomic E-state index is 0.163. The Balaban J connectivity index is 2.63. The fourth-order valence-corrected chi connectivity index (χ4v) is 2.57. The molecule has 0 fully saturated rings. The van der Waals surface area contributed by atoms with E-state index in [9.17, 15) is 41.4 Å². The van der Waals surface area contributed by atoms with Crippen LogP contribution in [0.5, 0.6) is 0 Å². The van der Waals surface area contributed by atoms with Crippen molar-refractivity contribution in [3.8, 4) is 0 Å². The highest BCUT2D eigenvalue weighted by molar-refractivity contribution is 5.95. The van der Waals surface area contributed by atoms with Crippen LogP contribution in [0, 0.1) is 13.8 Å². The number of nitrogens with one attached hydrogen (secondary N) is 1. The van der Waals surface area contributed by atoms with Gasteiger partial charge in [0.15, 0.2) is 0 Å². The van der Waals surface area contributed by atoms with E-state index in [0.717, 1.165) is 11.6 Å². The second-order valence-corrected chi connectivity index (χ2v) is 6.14. The van der Waals surface area contributed by atoms with Crippen molar-refractivity contribution in [2.75, 3.05) is 5.32 Å². The summed E-state index contributed by atoms with van der Waals surface area (Å²) in [7, 11) is 0. The van der Waals surface area contributed by atoms with Crippen LogP contribution in [-0.4, -0.2) is 28.5 Å². The maximum absolute atomic E-state index is 13.0. The fraction of sp³-hybridized carbons (Fsp3) is 0.278. The topological polar surface area (TPSA) is 69.6 Å². The second-order valence-electron chi connectivity index (χ2n) is 6.14. The third-order valence-electron chi connectivity index (χ3n) is 4.36. The first-order valence-corrected chi connectivity index (χ1v) is 7.77. The van der Waals surface area contributed by atoms with Crippen LogP contribution in [0.2, 0.25) is 0 Å². The van der Waals surface area contributed by atoms with Crippen molar-refractivity contribution in [2.45, 2.75) is 31.8 Å². The number of aryl methyl sites for hydroxylation is 1. The zero-order chi connectivity index (χ0) is 21.5. The molecule has 0 spiro atoms. The summed E-state index contributed by atoms with van der Waals surface area (Å²) in [5.41, 5.74) is -5.95. The Morgan fingerprint density at radius 1 is 0.929 bits per heavy atom. The van der Waals surface area contributed by atoms with Gasteiger partial charge in [-0.25, -0.2) is 4.79 Å². The highest BCUT2D eigenvalue weighted by Crippen LogP contribution is 2.50. The highest BCUT2D eigenvalue weighted by Gasteiger charge is 2.71. The van der Waals surface area contributed by atoms with E-state index in [1.54, 1.807) is 32.0 Å². The Labute approximate surface area is 155 Å². The maximum atomic E-state index is 13.0. The molecule has 0 amide bonds. The van der Waals surface area contributed by atoms with Gasteiger partial charge in [-0.2, -0.15) is 26.3 Å². The molecule has 0 saturated heterocycles. The Hall–Kier alpha value is -2.75. The number of alkyl halides is 6. The molecule has 10 heteroatoms. The van der Waals surface area contributed by atoms with E-state index in [0.29, 0.717) is 17.3 Å². The van der Waals surface area contributed by atoms with Gasteiger partial charge >= 0.3 is 18.3 Å². The van der Waals surface area contributed by atoms with Gasteiger partial charge in [-0.15, -0.1) is 0 Å². The predicted molar refractivity (Wildman–Crippen MR) is 88.6 cm³/mol. The number of benzene rings is 2. The molecule has 2 rings (SSSR count). The fourth-order valence-electron chi connectivity index (χ4n) is 2.57. The van der Waals surface area contributed by atoms with Gasteiger partial charge < -0.3 is 15.5 Å². The van der Waals surface area contributed by atoms with Crippen molar-refractivity contribution in [1.82, 2.24) is 0 Å². The van der Waals surface area contributed by atoms with Crippen molar-refractivity contribution in [2.24, 2.45) is 0 Å². The Bertz CT molecular complexity index is 891. The number of carboxylic acids is 1. The first kappa shape index (κ1) is 21.5. The molecule has 0 aliphatic rings. The van der Waals surface area contributed by atoms with E-state index >= 15 is 0 Å². The summed E-state index contributed by atoms with van der Waals surface area (Å²) in [6.45, 7) is 3.48. The molecular formula is C18H15F6NO3. The van der Waals surface area contributed by atoms with Crippen molar-refractivity contribution >= 4 is 17.3 Å². The van der Waals surface area contributed by atoms with Crippen LogP contribution in [0.25, 0.3) is 0 Å². The lowest BCUT2D eigenvalue weighted by Crippen LogP contribution is -2.54. The number of rotatable bonds is 4. The molecule has 2 aromatic rings. The van der Waals surface area contributed by atoms with Gasteiger partial charge in [0.1, 0.15) is 0 Å². The molecule has 2 aromatic carbocycles. The highest BCUT2D eigenvalue weighted by atomic mass is 19.4. The van der Waals surface area contributed by atoms with Gasteiger partial charge in [0.05, 0.1) is 11.3 Å².